The lowest BCUT2D eigenvalue weighted by Gasteiger charge is -2.14. The average molecular weight is 331 g/mol. The van der Waals surface area contributed by atoms with Gasteiger partial charge in [-0.15, -0.1) is 0 Å². The summed E-state index contributed by atoms with van der Waals surface area (Å²) in [6.07, 6.45) is -5.83. The van der Waals surface area contributed by atoms with Crippen molar-refractivity contribution in [1.29, 1.82) is 0 Å². The summed E-state index contributed by atoms with van der Waals surface area (Å²) >= 11 is 0. The van der Waals surface area contributed by atoms with E-state index in [1.54, 1.807) is 0 Å². The van der Waals surface area contributed by atoms with Crippen molar-refractivity contribution in [3.63, 3.8) is 0 Å². The summed E-state index contributed by atoms with van der Waals surface area (Å²) in [4.78, 5) is 11.3. The van der Waals surface area contributed by atoms with E-state index >= 15 is 0 Å². The Morgan fingerprint density at radius 3 is 2.39 bits per heavy atom. The molecule has 0 spiro atoms. The molecule has 122 valence electrons. The van der Waals surface area contributed by atoms with Crippen LogP contribution in [-0.2, 0) is 10.9 Å². The molecule has 1 N–H and O–H groups in total. The van der Waals surface area contributed by atoms with Gasteiger partial charge in [0.1, 0.15) is 11.6 Å². The zero-order valence-corrected chi connectivity index (χ0v) is 11.7. The first-order valence-corrected chi connectivity index (χ1v) is 6.24. The van der Waals surface area contributed by atoms with E-state index in [2.05, 4.69) is 10.1 Å². The third kappa shape index (κ3) is 3.58. The minimum absolute atomic E-state index is 0.0866. The highest BCUT2D eigenvalue weighted by Gasteiger charge is 2.35. The fraction of sp³-hybridized carbons (Fsp3) is 0.133. The molecule has 0 heterocycles. The number of hydrogen-bond donors (Lipinski definition) is 1. The lowest BCUT2D eigenvalue weighted by Crippen LogP contribution is -2.13. The molecular weight excluding hydrogens is 321 g/mol. The third-order valence-corrected chi connectivity index (χ3v) is 3.00. The monoisotopic (exact) mass is 331 g/mol. The van der Waals surface area contributed by atoms with Gasteiger partial charge in [0, 0.05) is 11.1 Å². The maximum atomic E-state index is 14.2. The van der Waals surface area contributed by atoms with Crippen LogP contribution in [0.15, 0.2) is 36.4 Å². The minimum atomic E-state index is -4.90. The van der Waals surface area contributed by atoms with Crippen LogP contribution < -0.4 is 5.32 Å². The van der Waals surface area contributed by atoms with E-state index in [1.165, 1.54) is 0 Å². The Morgan fingerprint density at radius 2 is 1.78 bits per heavy atom. The van der Waals surface area contributed by atoms with E-state index < -0.39 is 35.0 Å². The number of amides is 1. The van der Waals surface area contributed by atoms with E-state index in [1.807, 2.05) is 0 Å². The molecule has 2 aromatic carbocycles. The van der Waals surface area contributed by atoms with Gasteiger partial charge in [-0.25, -0.2) is 13.6 Å². The molecule has 23 heavy (non-hydrogen) atoms. The van der Waals surface area contributed by atoms with Gasteiger partial charge in [0.15, 0.2) is 0 Å². The Balaban J connectivity index is 2.62. The molecule has 0 saturated carbocycles. The standard InChI is InChI=1S/C15H10F5NO2/c1-23-14(22)21-12-6-5-8(16)7-10(12)9-3-2-4-11(13(9)17)15(18,19)20/h2-7H,1H3,(H,21,22). The van der Waals surface area contributed by atoms with Gasteiger partial charge >= 0.3 is 12.3 Å². The molecule has 0 fully saturated rings. The lowest BCUT2D eigenvalue weighted by atomic mass is 10.00. The highest BCUT2D eigenvalue weighted by Crippen LogP contribution is 2.37. The minimum Gasteiger partial charge on any atom is -0.453 e. The topological polar surface area (TPSA) is 38.3 Å². The molecule has 0 unspecified atom stereocenters. The van der Waals surface area contributed by atoms with Crippen LogP contribution in [0, 0.1) is 11.6 Å². The molecule has 1 amide bonds. The van der Waals surface area contributed by atoms with Crippen molar-refractivity contribution in [2.45, 2.75) is 6.18 Å². The van der Waals surface area contributed by atoms with Gasteiger partial charge in [0.25, 0.3) is 0 Å². The van der Waals surface area contributed by atoms with Crippen LogP contribution in [0.4, 0.5) is 32.4 Å². The number of methoxy groups -OCH3 is 1. The number of halogens is 5. The van der Waals surface area contributed by atoms with Crippen LogP contribution >= 0.6 is 0 Å². The molecule has 0 saturated heterocycles. The van der Waals surface area contributed by atoms with Crippen LogP contribution in [0.25, 0.3) is 11.1 Å². The molecule has 0 aliphatic carbocycles. The number of alkyl halides is 3. The first-order valence-electron chi connectivity index (χ1n) is 6.24. The largest absolute Gasteiger partial charge is 0.453 e. The summed E-state index contributed by atoms with van der Waals surface area (Å²) in [6, 6.07) is 5.52. The summed E-state index contributed by atoms with van der Waals surface area (Å²) in [5, 5.41) is 2.20. The Bertz CT molecular complexity index is 743. The maximum Gasteiger partial charge on any atom is 0.419 e. The molecule has 0 aliphatic rings. The highest BCUT2D eigenvalue weighted by atomic mass is 19.4. The Morgan fingerprint density at radius 1 is 1.09 bits per heavy atom. The first kappa shape index (κ1) is 16.7. The Kier molecular flexibility index (Phi) is 4.53. The number of rotatable bonds is 2. The van der Waals surface area contributed by atoms with Gasteiger partial charge in [-0.05, 0) is 24.3 Å². The number of carbonyl (C=O) groups is 1. The molecule has 3 nitrogen and oxygen atoms in total. The van der Waals surface area contributed by atoms with E-state index in [0.29, 0.717) is 6.07 Å². The van der Waals surface area contributed by atoms with Gasteiger partial charge in [0.2, 0.25) is 0 Å². The molecule has 8 heteroatoms. The van der Waals surface area contributed by atoms with E-state index in [-0.39, 0.29) is 11.3 Å². The molecule has 2 aromatic rings. The van der Waals surface area contributed by atoms with E-state index in [0.717, 1.165) is 37.4 Å². The summed E-state index contributed by atoms with van der Waals surface area (Å²) in [7, 11) is 1.07. The van der Waals surface area contributed by atoms with Gasteiger partial charge in [-0.1, -0.05) is 12.1 Å². The lowest BCUT2D eigenvalue weighted by molar-refractivity contribution is -0.139. The number of hydrogen-bond acceptors (Lipinski definition) is 2. The number of ether oxygens (including phenoxy) is 1. The SMILES string of the molecule is COC(=O)Nc1ccc(F)cc1-c1cccc(C(F)(F)F)c1F. The van der Waals surface area contributed by atoms with Gasteiger partial charge in [0.05, 0.1) is 18.4 Å². The number of anilines is 1. The maximum absolute atomic E-state index is 14.2. The van der Waals surface area contributed by atoms with Crippen molar-refractivity contribution in [1.82, 2.24) is 0 Å². The van der Waals surface area contributed by atoms with Gasteiger partial charge in [-0.2, -0.15) is 13.2 Å². The van der Waals surface area contributed by atoms with Crippen LogP contribution in [0.3, 0.4) is 0 Å². The molecule has 0 radical (unpaired) electrons. The van der Waals surface area contributed by atoms with Crippen molar-refractivity contribution in [3.05, 3.63) is 53.6 Å². The van der Waals surface area contributed by atoms with Crippen molar-refractivity contribution in [2.24, 2.45) is 0 Å². The third-order valence-electron chi connectivity index (χ3n) is 3.00. The molecular formula is C15H10F5NO2. The number of benzene rings is 2. The van der Waals surface area contributed by atoms with Crippen molar-refractivity contribution >= 4 is 11.8 Å². The highest BCUT2D eigenvalue weighted by molar-refractivity contribution is 5.91. The van der Waals surface area contributed by atoms with Crippen LogP contribution in [0.2, 0.25) is 0 Å². The summed E-state index contributed by atoms with van der Waals surface area (Å²) < 4.78 is 70.3. The second-order valence-electron chi connectivity index (χ2n) is 4.47. The summed E-state index contributed by atoms with van der Waals surface area (Å²) in [6.45, 7) is 0. The van der Waals surface area contributed by atoms with Crippen molar-refractivity contribution in [2.75, 3.05) is 12.4 Å². The van der Waals surface area contributed by atoms with Crippen molar-refractivity contribution < 1.29 is 31.5 Å². The van der Waals surface area contributed by atoms with Gasteiger partial charge < -0.3 is 4.74 Å². The normalized spacial score (nSPS) is 11.2. The molecule has 0 atom stereocenters. The number of carbonyl (C=O) groups excluding carboxylic acids is 1. The predicted octanol–water partition coefficient (Wildman–Crippen LogP) is 4.83. The molecule has 0 aromatic heterocycles. The molecule has 0 bridgehead atoms. The van der Waals surface area contributed by atoms with E-state index in [9.17, 15) is 26.7 Å². The first-order chi connectivity index (χ1) is 10.7. The van der Waals surface area contributed by atoms with E-state index in [4.69, 9.17) is 0 Å². The quantitative estimate of drug-likeness (QED) is 0.801. The second-order valence-corrected chi connectivity index (χ2v) is 4.47. The van der Waals surface area contributed by atoms with Crippen LogP contribution in [0.1, 0.15) is 5.56 Å². The summed E-state index contributed by atoms with van der Waals surface area (Å²) in [5.41, 5.74) is -2.30. The predicted molar refractivity (Wildman–Crippen MR) is 72.8 cm³/mol. The molecule has 2 rings (SSSR count). The zero-order valence-electron chi connectivity index (χ0n) is 11.7. The second kappa shape index (κ2) is 6.23. The average Bonchev–Trinajstić information content (AvgIpc) is 2.48. The number of nitrogens with one attached hydrogen (secondary N) is 1. The van der Waals surface area contributed by atoms with Crippen LogP contribution in [-0.4, -0.2) is 13.2 Å². The smallest absolute Gasteiger partial charge is 0.419 e. The van der Waals surface area contributed by atoms with Gasteiger partial charge in [-0.3, -0.25) is 5.32 Å². The van der Waals surface area contributed by atoms with Crippen molar-refractivity contribution in [3.8, 4) is 11.1 Å². The zero-order chi connectivity index (χ0) is 17.2. The summed E-state index contributed by atoms with van der Waals surface area (Å²) in [5.74, 6) is -2.36. The Labute approximate surface area is 127 Å². The Hall–Kier alpha value is -2.64. The fourth-order valence-electron chi connectivity index (χ4n) is 1.97. The van der Waals surface area contributed by atoms with Crippen LogP contribution in [0.5, 0.6) is 0 Å². The fourth-order valence-corrected chi connectivity index (χ4v) is 1.97. The molecule has 0 aliphatic heterocycles.